The van der Waals surface area contributed by atoms with Gasteiger partial charge in [0.05, 0.1) is 24.2 Å². The number of halogens is 1. The molecule has 25 heavy (non-hydrogen) atoms. The van der Waals surface area contributed by atoms with Crippen LogP contribution in [-0.4, -0.2) is 29.3 Å². The van der Waals surface area contributed by atoms with E-state index >= 15 is 0 Å². The number of aromatic nitrogens is 2. The van der Waals surface area contributed by atoms with Crippen molar-refractivity contribution in [1.82, 2.24) is 20.4 Å². The molecule has 6 nitrogen and oxygen atoms in total. The average Bonchev–Trinajstić information content (AvgIpc) is 3.30. The molecule has 2 N–H and O–H groups in total. The Hall–Kier alpha value is -3.09. The Morgan fingerprint density at radius 2 is 2.04 bits per heavy atom. The van der Waals surface area contributed by atoms with Gasteiger partial charge in [0.2, 0.25) is 0 Å². The van der Waals surface area contributed by atoms with Gasteiger partial charge in [0.15, 0.2) is 5.96 Å². The molecule has 0 radical (unpaired) electrons. The normalized spacial score (nSPS) is 11.5. The lowest BCUT2D eigenvalue weighted by molar-refractivity contribution is 0.506. The summed E-state index contributed by atoms with van der Waals surface area (Å²) in [6.45, 7) is 1.26. The average molecular weight is 341 g/mol. The number of guanidine groups is 1. The zero-order chi connectivity index (χ0) is 17.5. The van der Waals surface area contributed by atoms with Crippen LogP contribution in [0.4, 0.5) is 4.39 Å². The van der Waals surface area contributed by atoms with Crippen molar-refractivity contribution < 1.29 is 8.81 Å². The van der Waals surface area contributed by atoms with Crippen LogP contribution in [0.25, 0.3) is 5.69 Å². The van der Waals surface area contributed by atoms with Gasteiger partial charge in [-0.05, 0) is 42.5 Å². The second-order valence-corrected chi connectivity index (χ2v) is 5.41. The van der Waals surface area contributed by atoms with Gasteiger partial charge in [-0.2, -0.15) is 5.10 Å². The predicted octanol–water partition coefficient (Wildman–Crippen LogP) is 2.51. The molecule has 0 fully saturated rings. The molecule has 0 saturated carbocycles. The number of benzene rings is 1. The van der Waals surface area contributed by atoms with Gasteiger partial charge in [-0.3, -0.25) is 4.99 Å². The highest BCUT2D eigenvalue weighted by atomic mass is 19.1. The number of aliphatic imine (C=N–C) groups is 1. The minimum Gasteiger partial charge on any atom is -0.469 e. The summed E-state index contributed by atoms with van der Waals surface area (Å²) in [6, 6.07) is 11.9. The van der Waals surface area contributed by atoms with Gasteiger partial charge in [-0.25, -0.2) is 9.07 Å². The maximum Gasteiger partial charge on any atom is 0.191 e. The molecule has 3 aromatic rings. The van der Waals surface area contributed by atoms with Crippen LogP contribution in [0.15, 0.2) is 64.3 Å². The third kappa shape index (κ3) is 4.69. The van der Waals surface area contributed by atoms with Gasteiger partial charge in [-0.1, -0.05) is 0 Å². The fourth-order valence-electron chi connectivity index (χ4n) is 2.35. The smallest absolute Gasteiger partial charge is 0.191 e. The summed E-state index contributed by atoms with van der Waals surface area (Å²) < 4.78 is 20.0. The third-order valence-electron chi connectivity index (χ3n) is 3.64. The Morgan fingerprint density at radius 3 is 2.76 bits per heavy atom. The lowest BCUT2D eigenvalue weighted by Crippen LogP contribution is -2.37. The van der Waals surface area contributed by atoms with E-state index in [2.05, 4.69) is 20.7 Å². The van der Waals surface area contributed by atoms with Crippen LogP contribution < -0.4 is 10.6 Å². The Morgan fingerprint density at radius 1 is 1.20 bits per heavy atom. The lowest BCUT2D eigenvalue weighted by atomic mass is 10.3. The third-order valence-corrected chi connectivity index (χ3v) is 3.64. The highest BCUT2D eigenvalue weighted by Crippen LogP contribution is 2.08. The van der Waals surface area contributed by atoms with Crippen LogP contribution in [0.2, 0.25) is 0 Å². The number of rotatable bonds is 6. The van der Waals surface area contributed by atoms with Crippen LogP contribution >= 0.6 is 0 Å². The summed E-state index contributed by atoms with van der Waals surface area (Å²) in [7, 11) is 1.72. The molecular formula is C18H20FN5O. The number of hydrogen-bond donors (Lipinski definition) is 2. The molecule has 0 bridgehead atoms. The summed E-state index contributed by atoms with van der Waals surface area (Å²) in [5.41, 5.74) is 1.67. The van der Waals surface area contributed by atoms with Crippen molar-refractivity contribution in [2.45, 2.75) is 13.0 Å². The van der Waals surface area contributed by atoms with E-state index in [1.807, 2.05) is 24.4 Å². The number of furan rings is 1. The number of nitrogens with one attached hydrogen (secondary N) is 2. The summed E-state index contributed by atoms with van der Waals surface area (Å²) >= 11 is 0. The molecule has 0 amide bonds. The maximum atomic E-state index is 13.0. The topological polar surface area (TPSA) is 67.4 Å². The molecule has 1 aromatic carbocycles. The van der Waals surface area contributed by atoms with Gasteiger partial charge >= 0.3 is 0 Å². The Labute approximate surface area is 145 Å². The highest BCUT2D eigenvalue weighted by molar-refractivity contribution is 5.79. The predicted molar refractivity (Wildman–Crippen MR) is 94.1 cm³/mol. The Kier molecular flexibility index (Phi) is 5.46. The minimum atomic E-state index is -0.262. The minimum absolute atomic E-state index is 0.262. The van der Waals surface area contributed by atoms with Crippen LogP contribution in [0.3, 0.4) is 0 Å². The Balaban J connectivity index is 1.49. The van der Waals surface area contributed by atoms with E-state index in [0.717, 1.165) is 30.1 Å². The first-order valence-electron chi connectivity index (χ1n) is 8.02. The zero-order valence-corrected chi connectivity index (χ0v) is 13.9. The highest BCUT2D eigenvalue weighted by Gasteiger charge is 2.04. The van der Waals surface area contributed by atoms with Crippen LogP contribution in [0.5, 0.6) is 0 Å². The fourth-order valence-corrected chi connectivity index (χ4v) is 2.35. The molecule has 0 aliphatic carbocycles. The van der Waals surface area contributed by atoms with Gasteiger partial charge in [0.1, 0.15) is 11.6 Å². The number of hydrogen-bond acceptors (Lipinski definition) is 3. The zero-order valence-electron chi connectivity index (χ0n) is 13.9. The van der Waals surface area contributed by atoms with E-state index in [1.165, 1.54) is 12.1 Å². The molecule has 2 aromatic heterocycles. The summed E-state index contributed by atoms with van der Waals surface area (Å²) in [5, 5.41) is 10.9. The first-order chi connectivity index (χ1) is 12.2. The summed E-state index contributed by atoms with van der Waals surface area (Å²) in [4.78, 5) is 4.18. The van der Waals surface area contributed by atoms with Crippen molar-refractivity contribution in [2.24, 2.45) is 4.99 Å². The molecule has 3 rings (SSSR count). The standard InChI is InChI=1S/C18H20FN5O/c1-20-18(21-10-8-17-3-2-12-25-17)22-13-15-9-11-24(23-15)16-6-4-14(19)5-7-16/h2-7,9,11-12H,8,10,13H2,1H3,(H2,20,21,22). The van der Waals surface area contributed by atoms with Gasteiger partial charge in [0.25, 0.3) is 0 Å². The molecule has 2 heterocycles. The van der Waals surface area contributed by atoms with Gasteiger partial charge in [0, 0.05) is 26.2 Å². The molecule has 130 valence electrons. The van der Waals surface area contributed by atoms with Crippen molar-refractivity contribution in [3.8, 4) is 5.69 Å². The van der Waals surface area contributed by atoms with Crippen molar-refractivity contribution in [1.29, 1.82) is 0 Å². The van der Waals surface area contributed by atoms with Crippen LogP contribution in [0.1, 0.15) is 11.5 Å². The van der Waals surface area contributed by atoms with E-state index in [0.29, 0.717) is 12.5 Å². The van der Waals surface area contributed by atoms with E-state index in [1.54, 1.807) is 30.1 Å². The molecule has 0 aliphatic heterocycles. The van der Waals surface area contributed by atoms with E-state index < -0.39 is 0 Å². The van der Waals surface area contributed by atoms with E-state index in [9.17, 15) is 4.39 Å². The van der Waals surface area contributed by atoms with Crippen molar-refractivity contribution in [3.63, 3.8) is 0 Å². The second-order valence-electron chi connectivity index (χ2n) is 5.41. The Bertz CT molecular complexity index is 808. The maximum absolute atomic E-state index is 13.0. The van der Waals surface area contributed by atoms with Gasteiger partial charge in [-0.15, -0.1) is 0 Å². The molecule has 0 spiro atoms. The summed E-state index contributed by atoms with van der Waals surface area (Å²) in [5.74, 6) is 1.37. The largest absolute Gasteiger partial charge is 0.469 e. The molecule has 0 aliphatic rings. The first-order valence-corrected chi connectivity index (χ1v) is 8.02. The summed E-state index contributed by atoms with van der Waals surface area (Å²) in [6.07, 6.45) is 4.30. The SMILES string of the molecule is CN=C(NCCc1ccco1)NCc1ccn(-c2ccc(F)cc2)n1. The van der Waals surface area contributed by atoms with Crippen molar-refractivity contribution in [2.75, 3.05) is 13.6 Å². The molecular weight excluding hydrogens is 321 g/mol. The molecule has 0 unspecified atom stereocenters. The molecule has 7 heteroatoms. The van der Waals surface area contributed by atoms with Gasteiger partial charge < -0.3 is 15.1 Å². The van der Waals surface area contributed by atoms with Crippen LogP contribution in [0, 0.1) is 5.82 Å². The fraction of sp³-hybridized carbons (Fsp3) is 0.222. The number of nitrogens with zero attached hydrogens (tertiary/aromatic N) is 3. The van der Waals surface area contributed by atoms with E-state index in [4.69, 9.17) is 4.42 Å². The van der Waals surface area contributed by atoms with Crippen molar-refractivity contribution >= 4 is 5.96 Å². The monoisotopic (exact) mass is 341 g/mol. The van der Waals surface area contributed by atoms with Crippen LogP contribution in [-0.2, 0) is 13.0 Å². The second kappa shape index (κ2) is 8.14. The quantitative estimate of drug-likeness (QED) is 0.534. The van der Waals surface area contributed by atoms with E-state index in [-0.39, 0.29) is 5.82 Å². The van der Waals surface area contributed by atoms with Crippen molar-refractivity contribution in [3.05, 3.63) is 72.2 Å². The lowest BCUT2D eigenvalue weighted by Gasteiger charge is -2.10. The molecule has 0 atom stereocenters. The first kappa shape index (κ1) is 16.8. The molecule has 0 saturated heterocycles.